The van der Waals surface area contributed by atoms with Crippen molar-refractivity contribution >= 4 is 5.91 Å². The summed E-state index contributed by atoms with van der Waals surface area (Å²) in [6.07, 6.45) is 4.51. The van der Waals surface area contributed by atoms with Crippen molar-refractivity contribution in [3.63, 3.8) is 0 Å². The highest BCUT2D eigenvalue weighted by Crippen LogP contribution is 2.12. The summed E-state index contributed by atoms with van der Waals surface area (Å²) in [5.41, 5.74) is 1.98. The molecule has 4 nitrogen and oxygen atoms in total. The minimum absolute atomic E-state index is 0.209. The lowest BCUT2D eigenvalue weighted by Gasteiger charge is -2.32. The number of likely N-dealkylation sites (N-methyl/N-ethyl adjacent to an activating group) is 1. The number of likely N-dealkylation sites (tertiary alicyclic amines) is 1. The maximum atomic E-state index is 12.2. The quantitative estimate of drug-likeness (QED) is 0.871. The van der Waals surface area contributed by atoms with E-state index in [4.69, 9.17) is 0 Å². The van der Waals surface area contributed by atoms with Gasteiger partial charge in [-0.15, -0.1) is 0 Å². The van der Waals surface area contributed by atoms with Crippen LogP contribution in [0.15, 0.2) is 18.3 Å². The third-order valence-corrected chi connectivity index (χ3v) is 3.51. The highest BCUT2D eigenvalue weighted by atomic mass is 16.2. The molecule has 0 bridgehead atoms. The van der Waals surface area contributed by atoms with Crippen molar-refractivity contribution in [2.24, 2.45) is 0 Å². The number of amides is 1. The van der Waals surface area contributed by atoms with Gasteiger partial charge in [-0.2, -0.15) is 0 Å². The van der Waals surface area contributed by atoms with Crippen molar-refractivity contribution in [2.45, 2.75) is 32.2 Å². The fourth-order valence-electron chi connectivity index (χ4n) is 2.33. The summed E-state index contributed by atoms with van der Waals surface area (Å²) in [7, 11) is 1.96. The molecule has 2 rings (SSSR count). The summed E-state index contributed by atoms with van der Waals surface area (Å²) in [6.45, 7) is 3.67. The predicted octanol–water partition coefficient (Wildman–Crippen LogP) is 1.14. The zero-order valence-electron chi connectivity index (χ0n) is 11.1. The first-order valence-electron chi connectivity index (χ1n) is 6.55. The van der Waals surface area contributed by atoms with Gasteiger partial charge >= 0.3 is 0 Å². The number of hydrogen-bond donors (Lipinski definition) is 1. The minimum atomic E-state index is 0.209. The Bertz CT molecular complexity index is 402. The fraction of sp³-hybridized carbons (Fsp3) is 0.571. The molecule has 4 heteroatoms. The Morgan fingerprint density at radius 3 is 3.06 bits per heavy atom. The lowest BCUT2D eigenvalue weighted by atomic mass is 10.0. The Balaban J connectivity index is 1.93. The van der Waals surface area contributed by atoms with E-state index in [9.17, 15) is 4.79 Å². The van der Waals surface area contributed by atoms with Crippen molar-refractivity contribution in [1.82, 2.24) is 15.2 Å². The van der Waals surface area contributed by atoms with Gasteiger partial charge in [-0.05, 0) is 38.4 Å². The number of nitrogens with one attached hydrogen (secondary N) is 1. The summed E-state index contributed by atoms with van der Waals surface area (Å²) in [4.78, 5) is 18.4. The van der Waals surface area contributed by atoms with Crippen LogP contribution in [-0.4, -0.2) is 42.0 Å². The van der Waals surface area contributed by atoms with Gasteiger partial charge in [-0.25, -0.2) is 0 Å². The molecule has 1 aliphatic heterocycles. The van der Waals surface area contributed by atoms with Crippen molar-refractivity contribution in [3.8, 4) is 0 Å². The Morgan fingerprint density at radius 1 is 1.56 bits per heavy atom. The van der Waals surface area contributed by atoms with Crippen molar-refractivity contribution < 1.29 is 4.79 Å². The van der Waals surface area contributed by atoms with E-state index in [0.29, 0.717) is 12.5 Å². The Labute approximate surface area is 108 Å². The minimum Gasteiger partial charge on any atom is -0.341 e. The molecule has 18 heavy (non-hydrogen) atoms. The van der Waals surface area contributed by atoms with E-state index in [0.717, 1.165) is 37.2 Å². The second-order valence-corrected chi connectivity index (χ2v) is 4.95. The molecule has 1 saturated heterocycles. The van der Waals surface area contributed by atoms with Crippen LogP contribution in [0, 0.1) is 6.92 Å². The molecular formula is C14H21N3O. The zero-order valence-corrected chi connectivity index (χ0v) is 11.1. The number of aryl methyl sites for hydroxylation is 1. The molecule has 1 N–H and O–H groups in total. The smallest absolute Gasteiger partial charge is 0.227 e. The molecule has 1 atom stereocenters. The third-order valence-electron chi connectivity index (χ3n) is 3.51. The van der Waals surface area contributed by atoms with Crippen LogP contribution in [0.2, 0.25) is 0 Å². The van der Waals surface area contributed by atoms with Crippen LogP contribution in [0.25, 0.3) is 0 Å². The van der Waals surface area contributed by atoms with Crippen molar-refractivity contribution in [1.29, 1.82) is 0 Å². The number of hydrogen-bond acceptors (Lipinski definition) is 3. The normalized spacial score (nSPS) is 19.9. The number of carbonyl (C=O) groups excluding carboxylic acids is 1. The van der Waals surface area contributed by atoms with Gasteiger partial charge in [-0.3, -0.25) is 9.78 Å². The molecule has 2 heterocycles. The Hall–Kier alpha value is -1.42. The molecule has 1 aliphatic rings. The number of rotatable bonds is 3. The van der Waals surface area contributed by atoms with Gasteiger partial charge in [-0.1, -0.05) is 6.07 Å². The van der Waals surface area contributed by atoms with Gasteiger partial charge in [0, 0.05) is 31.0 Å². The molecule has 1 fully saturated rings. The molecule has 0 aromatic carbocycles. The lowest BCUT2D eigenvalue weighted by Crippen LogP contribution is -2.47. The van der Waals surface area contributed by atoms with Crippen molar-refractivity contribution in [3.05, 3.63) is 29.6 Å². The van der Waals surface area contributed by atoms with Gasteiger partial charge in [0.25, 0.3) is 0 Å². The van der Waals surface area contributed by atoms with Gasteiger partial charge in [0.05, 0.1) is 6.42 Å². The average Bonchev–Trinajstić information content (AvgIpc) is 2.41. The SMILES string of the molecule is CNC1CCCN(C(=O)Cc2ccc(C)nc2)C1. The van der Waals surface area contributed by atoms with Gasteiger partial charge in [0.1, 0.15) is 0 Å². The average molecular weight is 247 g/mol. The van der Waals surface area contributed by atoms with Crippen molar-refractivity contribution in [2.75, 3.05) is 20.1 Å². The molecule has 0 saturated carbocycles. The van der Waals surface area contributed by atoms with Gasteiger partial charge in [0.15, 0.2) is 0 Å². The van der Waals surface area contributed by atoms with Crippen LogP contribution in [-0.2, 0) is 11.2 Å². The molecule has 1 aromatic heterocycles. The van der Waals surface area contributed by atoms with E-state index < -0.39 is 0 Å². The molecule has 98 valence electrons. The van der Waals surface area contributed by atoms with E-state index in [2.05, 4.69) is 10.3 Å². The Morgan fingerprint density at radius 2 is 2.39 bits per heavy atom. The largest absolute Gasteiger partial charge is 0.341 e. The first kappa shape index (κ1) is 13.0. The molecular weight excluding hydrogens is 226 g/mol. The van der Waals surface area contributed by atoms with Crippen LogP contribution in [0.1, 0.15) is 24.1 Å². The second-order valence-electron chi connectivity index (χ2n) is 4.95. The van der Waals surface area contributed by atoms with E-state index in [1.807, 2.05) is 31.0 Å². The van der Waals surface area contributed by atoms with Crippen LogP contribution in [0.4, 0.5) is 0 Å². The maximum absolute atomic E-state index is 12.2. The lowest BCUT2D eigenvalue weighted by molar-refractivity contribution is -0.131. The van der Waals surface area contributed by atoms with E-state index in [-0.39, 0.29) is 5.91 Å². The number of aromatic nitrogens is 1. The molecule has 1 unspecified atom stereocenters. The summed E-state index contributed by atoms with van der Waals surface area (Å²) >= 11 is 0. The standard InChI is InChI=1S/C14H21N3O/c1-11-5-6-12(9-16-11)8-14(18)17-7-3-4-13(10-17)15-2/h5-6,9,13,15H,3-4,7-8,10H2,1-2H3. The second kappa shape index (κ2) is 5.96. The summed E-state index contributed by atoms with van der Waals surface area (Å²) in [5, 5.41) is 3.25. The predicted molar refractivity (Wildman–Crippen MR) is 71.3 cm³/mol. The summed E-state index contributed by atoms with van der Waals surface area (Å²) in [5.74, 6) is 0.209. The van der Waals surface area contributed by atoms with Crippen LogP contribution >= 0.6 is 0 Å². The van der Waals surface area contributed by atoms with E-state index in [1.54, 1.807) is 6.20 Å². The fourth-order valence-corrected chi connectivity index (χ4v) is 2.33. The third kappa shape index (κ3) is 3.29. The summed E-state index contributed by atoms with van der Waals surface area (Å²) in [6, 6.07) is 4.38. The monoisotopic (exact) mass is 247 g/mol. The number of nitrogens with zero attached hydrogens (tertiary/aromatic N) is 2. The summed E-state index contributed by atoms with van der Waals surface area (Å²) < 4.78 is 0. The molecule has 0 aliphatic carbocycles. The highest BCUT2D eigenvalue weighted by Gasteiger charge is 2.22. The topological polar surface area (TPSA) is 45.2 Å². The van der Waals surface area contributed by atoms with Gasteiger partial charge < -0.3 is 10.2 Å². The molecule has 1 aromatic rings. The number of pyridine rings is 1. The number of carbonyl (C=O) groups is 1. The van der Waals surface area contributed by atoms with Crippen LogP contribution < -0.4 is 5.32 Å². The first-order chi connectivity index (χ1) is 8.69. The highest BCUT2D eigenvalue weighted by molar-refractivity contribution is 5.78. The maximum Gasteiger partial charge on any atom is 0.227 e. The van der Waals surface area contributed by atoms with Gasteiger partial charge in [0.2, 0.25) is 5.91 Å². The molecule has 1 amide bonds. The van der Waals surface area contributed by atoms with E-state index >= 15 is 0 Å². The molecule has 0 radical (unpaired) electrons. The van der Waals surface area contributed by atoms with Crippen LogP contribution in [0.5, 0.6) is 0 Å². The number of piperidine rings is 1. The van der Waals surface area contributed by atoms with Crippen LogP contribution in [0.3, 0.4) is 0 Å². The zero-order chi connectivity index (χ0) is 13.0. The first-order valence-corrected chi connectivity index (χ1v) is 6.55. The molecule has 0 spiro atoms. The Kier molecular flexibility index (Phi) is 4.31. The van der Waals surface area contributed by atoms with E-state index in [1.165, 1.54) is 0 Å².